The highest BCUT2D eigenvalue weighted by Crippen LogP contribution is 2.34. The Labute approximate surface area is 211 Å². The van der Waals surface area contributed by atoms with Crippen LogP contribution in [0.25, 0.3) is 22.2 Å². The summed E-state index contributed by atoms with van der Waals surface area (Å²) in [6.45, 7) is 5.74. The first-order valence-corrected chi connectivity index (χ1v) is 12.5. The minimum absolute atomic E-state index is 0.481. The minimum atomic E-state index is 0.481. The van der Waals surface area contributed by atoms with Crippen molar-refractivity contribution in [1.29, 1.82) is 0 Å². The van der Waals surface area contributed by atoms with Crippen molar-refractivity contribution in [2.24, 2.45) is 0 Å². The Morgan fingerprint density at radius 2 is 1.80 bits per heavy atom. The topological polar surface area (TPSA) is 63.2 Å². The van der Waals surface area contributed by atoms with E-state index in [1.165, 1.54) is 44.5 Å². The van der Waals surface area contributed by atoms with Gasteiger partial charge in [0.25, 0.3) is 0 Å². The third-order valence-corrected chi connectivity index (χ3v) is 6.91. The van der Waals surface area contributed by atoms with E-state index in [4.69, 9.17) is 21.3 Å². The number of aryl methyl sites for hydroxylation is 2. The van der Waals surface area contributed by atoms with E-state index in [0.29, 0.717) is 11.0 Å². The molecular weight excluding hydrogens is 458 g/mol. The zero-order valence-electron chi connectivity index (χ0n) is 20.2. The van der Waals surface area contributed by atoms with Crippen LogP contribution < -0.4 is 10.1 Å². The molecule has 0 unspecified atom stereocenters. The van der Waals surface area contributed by atoms with Crippen molar-refractivity contribution in [2.45, 2.75) is 32.6 Å². The van der Waals surface area contributed by atoms with Crippen LogP contribution in [0.15, 0.2) is 54.6 Å². The van der Waals surface area contributed by atoms with Gasteiger partial charge in [-0.1, -0.05) is 23.7 Å². The second-order valence-electron chi connectivity index (χ2n) is 9.12. The molecule has 4 aromatic rings. The van der Waals surface area contributed by atoms with E-state index < -0.39 is 0 Å². The van der Waals surface area contributed by atoms with Crippen LogP contribution in [0.2, 0.25) is 5.02 Å². The van der Waals surface area contributed by atoms with Gasteiger partial charge in [-0.05, 0) is 111 Å². The van der Waals surface area contributed by atoms with Gasteiger partial charge in [0.15, 0.2) is 0 Å². The Morgan fingerprint density at radius 3 is 2.57 bits per heavy atom. The van der Waals surface area contributed by atoms with Crippen LogP contribution in [0.5, 0.6) is 5.75 Å². The number of anilines is 2. The average molecular weight is 488 g/mol. The summed E-state index contributed by atoms with van der Waals surface area (Å²) in [5.41, 5.74) is 6.68. The van der Waals surface area contributed by atoms with Crippen LogP contribution in [-0.2, 0) is 6.42 Å². The lowest BCUT2D eigenvalue weighted by molar-refractivity contribution is 0.334. The normalized spacial score (nSPS) is 13.9. The standard InChI is InChI=1S/C28H30ClN5O/c1-19-16-21(24-18-23(35-2)11-12-25(24)29)17-26-27(19)31-28(33-32-26)30-22-9-7-20(8-10-22)6-5-15-34-13-3-4-14-34/h7-12,16-18H,3-6,13-15H2,1-2H3,(H,30,31,33). The van der Waals surface area contributed by atoms with Gasteiger partial charge in [-0.2, -0.15) is 0 Å². The Morgan fingerprint density at radius 1 is 1.00 bits per heavy atom. The molecular formula is C28H30ClN5O. The molecule has 1 aliphatic heterocycles. The van der Waals surface area contributed by atoms with Crippen molar-refractivity contribution in [3.8, 4) is 16.9 Å². The van der Waals surface area contributed by atoms with Crippen molar-refractivity contribution in [2.75, 3.05) is 32.1 Å². The Kier molecular flexibility index (Phi) is 7.11. The largest absolute Gasteiger partial charge is 0.497 e. The van der Waals surface area contributed by atoms with Gasteiger partial charge in [0.1, 0.15) is 11.3 Å². The van der Waals surface area contributed by atoms with Crippen LogP contribution in [0.1, 0.15) is 30.4 Å². The molecule has 0 spiro atoms. The highest BCUT2D eigenvalue weighted by molar-refractivity contribution is 6.33. The minimum Gasteiger partial charge on any atom is -0.497 e. The molecule has 35 heavy (non-hydrogen) atoms. The lowest BCUT2D eigenvalue weighted by atomic mass is 10.0. The summed E-state index contributed by atoms with van der Waals surface area (Å²) in [5.74, 6) is 1.23. The van der Waals surface area contributed by atoms with Crippen molar-refractivity contribution in [3.63, 3.8) is 0 Å². The number of likely N-dealkylation sites (tertiary alicyclic amines) is 1. The number of rotatable bonds is 8. The number of fused-ring (bicyclic) bond motifs is 1. The summed E-state index contributed by atoms with van der Waals surface area (Å²) in [6, 6.07) is 18.2. The van der Waals surface area contributed by atoms with Crippen LogP contribution >= 0.6 is 11.6 Å². The predicted molar refractivity (Wildman–Crippen MR) is 143 cm³/mol. The molecule has 0 bridgehead atoms. The Bertz CT molecular complexity index is 1320. The number of ether oxygens (including phenoxy) is 1. The molecule has 180 valence electrons. The molecule has 3 aromatic carbocycles. The second-order valence-corrected chi connectivity index (χ2v) is 9.52. The van der Waals surface area contributed by atoms with Crippen LogP contribution in [0, 0.1) is 6.92 Å². The van der Waals surface area contributed by atoms with Gasteiger partial charge in [-0.25, -0.2) is 4.98 Å². The SMILES string of the molecule is COc1ccc(Cl)c(-c2cc(C)c3nc(Nc4ccc(CCCN5CCCC5)cc4)nnc3c2)c1. The monoisotopic (exact) mass is 487 g/mol. The van der Waals surface area contributed by atoms with Crippen LogP contribution in [0.3, 0.4) is 0 Å². The third-order valence-electron chi connectivity index (χ3n) is 6.58. The molecule has 1 aliphatic rings. The van der Waals surface area contributed by atoms with E-state index >= 15 is 0 Å². The number of nitrogens with one attached hydrogen (secondary N) is 1. The highest BCUT2D eigenvalue weighted by atomic mass is 35.5. The predicted octanol–water partition coefficient (Wildman–Crippen LogP) is 6.43. The Balaban J connectivity index is 1.29. The summed E-state index contributed by atoms with van der Waals surface area (Å²) in [5, 5.41) is 12.7. The van der Waals surface area contributed by atoms with E-state index in [2.05, 4.69) is 50.7 Å². The summed E-state index contributed by atoms with van der Waals surface area (Å²) < 4.78 is 5.36. The molecule has 1 aromatic heterocycles. The summed E-state index contributed by atoms with van der Waals surface area (Å²) in [7, 11) is 1.64. The quantitative estimate of drug-likeness (QED) is 0.309. The maximum atomic E-state index is 6.46. The molecule has 6 nitrogen and oxygen atoms in total. The lowest BCUT2D eigenvalue weighted by Crippen LogP contribution is -2.20. The Hall–Kier alpha value is -3.22. The fourth-order valence-electron chi connectivity index (χ4n) is 4.67. The van der Waals surface area contributed by atoms with Crippen molar-refractivity contribution in [3.05, 3.63) is 70.7 Å². The maximum Gasteiger partial charge on any atom is 0.247 e. The van der Waals surface area contributed by atoms with Crippen molar-refractivity contribution in [1.82, 2.24) is 20.1 Å². The van der Waals surface area contributed by atoms with Crippen molar-refractivity contribution < 1.29 is 4.74 Å². The molecule has 7 heteroatoms. The van der Waals surface area contributed by atoms with Gasteiger partial charge in [0.05, 0.1) is 12.6 Å². The van der Waals surface area contributed by atoms with Gasteiger partial charge in [0, 0.05) is 16.3 Å². The number of hydrogen-bond donors (Lipinski definition) is 1. The molecule has 0 saturated carbocycles. The van der Waals surface area contributed by atoms with Gasteiger partial charge in [-0.3, -0.25) is 0 Å². The number of halogens is 1. The van der Waals surface area contributed by atoms with E-state index in [1.807, 2.05) is 31.2 Å². The molecule has 1 N–H and O–H groups in total. The van der Waals surface area contributed by atoms with E-state index in [0.717, 1.165) is 45.6 Å². The third kappa shape index (κ3) is 5.55. The van der Waals surface area contributed by atoms with Gasteiger partial charge in [0.2, 0.25) is 5.95 Å². The number of hydrogen-bond acceptors (Lipinski definition) is 6. The number of aromatic nitrogens is 3. The van der Waals surface area contributed by atoms with E-state index in [-0.39, 0.29) is 0 Å². The first-order chi connectivity index (χ1) is 17.1. The number of nitrogens with zero attached hydrogens (tertiary/aromatic N) is 4. The first kappa shape index (κ1) is 23.5. The molecule has 1 fully saturated rings. The first-order valence-electron chi connectivity index (χ1n) is 12.2. The van der Waals surface area contributed by atoms with Crippen molar-refractivity contribution >= 4 is 34.3 Å². The molecule has 2 heterocycles. The zero-order valence-corrected chi connectivity index (χ0v) is 21.0. The fourth-order valence-corrected chi connectivity index (χ4v) is 4.90. The molecule has 5 rings (SSSR count). The van der Waals surface area contributed by atoms with Crippen LogP contribution in [-0.4, -0.2) is 46.8 Å². The smallest absolute Gasteiger partial charge is 0.247 e. The fraction of sp³-hybridized carbons (Fsp3) is 0.321. The molecule has 0 radical (unpaired) electrons. The van der Waals surface area contributed by atoms with E-state index in [1.54, 1.807) is 7.11 Å². The molecule has 0 aliphatic carbocycles. The number of methoxy groups -OCH3 is 1. The average Bonchev–Trinajstić information content (AvgIpc) is 3.39. The maximum absolute atomic E-state index is 6.46. The zero-order chi connectivity index (χ0) is 24.2. The summed E-state index contributed by atoms with van der Waals surface area (Å²) in [6.07, 6.45) is 5.00. The summed E-state index contributed by atoms with van der Waals surface area (Å²) in [4.78, 5) is 7.29. The highest BCUT2D eigenvalue weighted by Gasteiger charge is 2.12. The van der Waals surface area contributed by atoms with Gasteiger partial charge in [-0.15, -0.1) is 10.2 Å². The summed E-state index contributed by atoms with van der Waals surface area (Å²) >= 11 is 6.46. The van der Waals surface area contributed by atoms with Gasteiger partial charge >= 0.3 is 0 Å². The molecule has 0 atom stereocenters. The molecule has 1 saturated heterocycles. The number of benzene rings is 3. The van der Waals surface area contributed by atoms with E-state index in [9.17, 15) is 0 Å². The molecule has 0 amide bonds. The second kappa shape index (κ2) is 10.6. The van der Waals surface area contributed by atoms with Gasteiger partial charge < -0.3 is 15.0 Å². The van der Waals surface area contributed by atoms with Crippen LogP contribution in [0.4, 0.5) is 11.6 Å². The lowest BCUT2D eigenvalue weighted by Gasteiger charge is -2.14.